The second-order valence-electron chi connectivity index (χ2n) is 3.72. The molecule has 0 unspecified atom stereocenters. The number of fused-ring (bicyclic) bond motifs is 1. The zero-order valence-electron chi connectivity index (χ0n) is 11.9. The van der Waals surface area contributed by atoms with Crippen molar-refractivity contribution in [2.45, 2.75) is 20.4 Å². The smallest absolute Gasteiger partial charge is 0.289 e. The van der Waals surface area contributed by atoms with Crippen LogP contribution in [-0.4, -0.2) is 28.0 Å². The van der Waals surface area contributed by atoms with Gasteiger partial charge >= 0.3 is 0 Å². The average Bonchev–Trinajstić information content (AvgIpc) is 2.92. The molecule has 0 spiro atoms. The summed E-state index contributed by atoms with van der Waals surface area (Å²) >= 11 is 0. The molecule has 1 amide bonds. The molecule has 8 heteroatoms. The van der Waals surface area contributed by atoms with Crippen LogP contribution in [0.3, 0.4) is 0 Å². The van der Waals surface area contributed by atoms with Crippen LogP contribution in [0.4, 0.5) is 0 Å². The van der Waals surface area contributed by atoms with Gasteiger partial charge in [-0.3, -0.25) is 14.3 Å². The molecule has 1 aromatic carbocycles. The Morgan fingerprint density at radius 2 is 2.14 bits per heavy atom. The van der Waals surface area contributed by atoms with Crippen molar-refractivity contribution >= 4 is 22.6 Å². The molecule has 2 N–H and O–H groups in total. The minimum atomic E-state index is -1.14. The zero-order valence-corrected chi connectivity index (χ0v) is 11.9. The molecule has 0 saturated carbocycles. The number of benzene rings is 1. The van der Waals surface area contributed by atoms with E-state index in [1.807, 2.05) is 13.8 Å². The van der Waals surface area contributed by atoms with Gasteiger partial charge in [0.05, 0.1) is 23.8 Å². The number of nitrogens with two attached hydrogens (primary N) is 1. The van der Waals surface area contributed by atoms with Gasteiger partial charge in [0, 0.05) is 16.8 Å². The summed E-state index contributed by atoms with van der Waals surface area (Å²) in [5, 5.41) is 7.62. The maximum Gasteiger partial charge on any atom is 0.289 e. The van der Waals surface area contributed by atoms with Gasteiger partial charge in [-0.1, -0.05) is 26.0 Å². The fourth-order valence-electron chi connectivity index (χ4n) is 1.82. The maximum absolute atomic E-state index is 11.9. The molecule has 1 aromatic heterocycles. The monoisotopic (exact) mass is 288 g/mol. The number of ketones is 1. The summed E-state index contributed by atoms with van der Waals surface area (Å²) in [6.07, 6.45) is 1.58. The van der Waals surface area contributed by atoms with Crippen molar-refractivity contribution in [2.75, 3.05) is 6.54 Å². The molecule has 8 nitrogen and oxygen atoms in total. The lowest BCUT2D eigenvalue weighted by atomic mass is 10.1. The quantitative estimate of drug-likeness (QED) is 0.303. The third-order valence-electron chi connectivity index (χ3n) is 2.58. The predicted octanol–water partition coefficient (Wildman–Crippen LogP) is 2.04. The summed E-state index contributed by atoms with van der Waals surface area (Å²) in [5.41, 5.74) is 14.3. The van der Waals surface area contributed by atoms with Crippen LogP contribution in [0.15, 0.2) is 29.5 Å². The molecule has 0 aliphatic heterocycles. The highest BCUT2D eigenvalue weighted by Crippen LogP contribution is 2.19. The fourth-order valence-corrected chi connectivity index (χ4v) is 1.82. The highest BCUT2D eigenvalue weighted by Gasteiger charge is 2.19. The first-order valence-corrected chi connectivity index (χ1v) is 6.47. The van der Waals surface area contributed by atoms with Crippen LogP contribution in [0, 0.1) is 0 Å². The van der Waals surface area contributed by atoms with Crippen LogP contribution in [0.2, 0.25) is 0 Å². The van der Waals surface area contributed by atoms with Crippen LogP contribution in [0.5, 0.6) is 0 Å². The van der Waals surface area contributed by atoms with Crippen LogP contribution in [0.25, 0.3) is 21.3 Å². The number of Topliss-reactive ketones (excluding diaryl/α,β-unsaturated/α-hetero) is 1. The summed E-state index contributed by atoms with van der Waals surface area (Å²) in [5.74, 6) is -2.00. The van der Waals surface area contributed by atoms with Gasteiger partial charge in [0.1, 0.15) is 0 Å². The molecular weight excluding hydrogens is 272 g/mol. The number of nitrogens with zero attached hydrogens (tertiary/aromatic N) is 5. The van der Waals surface area contributed by atoms with Crippen molar-refractivity contribution in [2.24, 2.45) is 10.8 Å². The van der Waals surface area contributed by atoms with Crippen molar-refractivity contribution in [1.82, 2.24) is 9.78 Å². The van der Waals surface area contributed by atoms with Crippen LogP contribution in [0.1, 0.15) is 24.2 Å². The van der Waals surface area contributed by atoms with E-state index in [0.717, 1.165) is 0 Å². The van der Waals surface area contributed by atoms with Gasteiger partial charge < -0.3 is 5.73 Å². The largest absolute Gasteiger partial charge is 0.329 e. The Hall–Kier alpha value is -2.70. The van der Waals surface area contributed by atoms with E-state index >= 15 is 0 Å². The Labute approximate surface area is 121 Å². The number of rotatable bonds is 4. The average molecular weight is 288 g/mol. The summed E-state index contributed by atoms with van der Waals surface area (Å²) in [4.78, 5) is 25.6. The first kappa shape index (κ1) is 16.4. The molecule has 0 aliphatic rings. The number of hydrogen-bond donors (Lipinski definition) is 1. The van der Waals surface area contributed by atoms with Crippen LogP contribution >= 0.6 is 0 Å². The summed E-state index contributed by atoms with van der Waals surface area (Å²) in [6, 6.07) is 4.89. The predicted molar refractivity (Wildman–Crippen MR) is 78.6 cm³/mol. The summed E-state index contributed by atoms with van der Waals surface area (Å²) in [7, 11) is 0. The lowest BCUT2D eigenvalue weighted by molar-refractivity contribution is -0.114. The highest BCUT2D eigenvalue weighted by atomic mass is 16.2. The van der Waals surface area contributed by atoms with Gasteiger partial charge in [0.25, 0.3) is 5.91 Å². The molecule has 2 aromatic rings. The SMILES string of the molecule is CC.[N-]=[N+]=NC(=O)C(=O)c1cccc2cnn(CCN)c12. The van der Waals surface area contributed by atoms with E-state index in [2.05, 4.69) is 15.1 Å². The molecule has 0 fully saturated rings. The number of azide groups is 1. The lowest BCUT2D eigenvalue weighted by Crippen LogP contribution is -2.15. The number of hydrogen-bond acceptors (Lipinski definition) is 4. The van der Waals surface area contributed by atoms with E-state index in [0.29, 0.717) is 24.0 Å². The molecular formula is C13H16N6O2. The Kier molecular flexibility index (Phi) is 6.06. The second-order valence-corrected chi connectivity index (χ2v) is 3.72. The Morgan fingerprint density at radius 1 is 1.43 bits per heavy atom. The molecule has 21 heavy (non-hydrogen) atoms. The van der Waals surface area contributed by atoms with Gasteiger partial charge in [0.2, 0.25) is 5.78 Å². The summed E-state index contributed by atoms with van der Waals surface area (Å²) in [6.45, 7) is 4.77. The normalized spacial score (nSPS) is 9.48. The Bertz CT molecular complexity index is 700. The lowest BCUT2D eigenvalue weighted by Gasteiger charge is -2.05. The molecule has 0 radical (unpaired) electrons. The standard InChI is InChI=1S/C11H10N6O2.C2H6/c12-4-5-17-9-7(6-14-17)2-1-3-8(9)10(18)11(19)15-16-13;1-2/h1-3,6H,4-5,12H2;1-2H3. The number of amides is 1. The molecule has 0 bridgehead atoms. The van der Waals surface area contributed by atoms with Gasteiger partial charge in [-0.25, -0.2) is 0 Å². The van der Waals surface area contributed by atoms with Crippen molar-refractivity contribution in [3.05, 3.63) is 40.4 Å². The summed E-state index contributed by atoms with van der Waals surface area (Å²) < 4.78 is 1.55. The number of carbonyl (C=O) groups excluding carboxylic acids is 2. The second kappa shape index (κ2) is 7.78. The first-order valence-electron chi connectivity index (χ1n) is 6.47. The van der Waals surface area contributed by atoms with Gasteiger partial charge in [-0.2, -0.15) is 5.10 Å². The third kappa shape index (κ3) is 3.44. The van der Waals surface area contributed by atoms with Crippen LogP contribution < -0.4 is 5.73 Å². The van der Waals surface area contributed by atoms with Gasteiger partial charge in [-0.05, 0) is 16.7 Å². The van der Waals surface area contributed by atoms with E-state index in [-0.39, 0.29) is 5.56 Å². The number of carbonyl (C=O) groups is 2. The van der Waals surface area contributed by atoms with E-state index < -0.39 is 11.7 Å². The van der Waals surface area contributed by atoms with Gasteiger partial charge in [-0.15, -0.1) is 0 Å². The number of aromatic nitrogens is 2. The molecule has 0 saturated heterocycles. The van der Waals surface area contributed by atoms with E-state index in [9.17, 15) is 9.59 Å². The molecule has 1 heterocycles. The van der Waals surface area contributed by atoms with Crippen molar-refractivity contribution in [3.63, 3.8) is 0 Å². The van der Waals surface area contributed by atoms with E-state index in [4.69, 9.17) is 11.3 Å². The third-order valence-corrected chi connectivity index (χ3v) is 2.58. The molecule has 0 atom stereocenters. The topological polar surface area (TPSA) is 127 Å². The Morgan fingerprint density at radius 3 is 2.76 bits per heavy atom. The molecule has 0 aliphatic carbocycles. The molecule has 2 rings (SSSR count). The van der Waals surface area contributed by atoms with Gasteiger partial charge in [0.15, 0.2) is 0 Å². The maximum atomic E-state index is 11.9. The Balaban J connectivity index is 0.00000106. The van der Waals surface area contributed by atoms with Crippen molar-refractivity contribution in [1.29, 1.82) is 0 Å². The molecule has 110 valence electrons. The van der Waals surface area contributed by atoms with Crippen molar-refractivity contribution in [3.8, 4) is 0 Å². The van der Waals surface area contributed by atoms with Crippen LogP contribution in [-0.2, 0) is 11.3 Å². The zero-order chi connectivity index (χ0) is 15.8. The fraction of sp³-hybridized carbons (Fsp3) is 0.308. The van der Waals surface area contributed by atoms with E-state index in [1.54, 1.807) is 23.0 Å². The first-order chi connectivity index (χ1) is 10.2. The minimum Gasteiger partial charge on any atom is -0.329 e. The minimum absolute atomic E-state index is 0.154. The van der Waals surface area contributed by atoms with Crippen molar-refractivity contribution < 1.29 is 9.59 Å². The highest BCUT2D eigenvalue weighted by molar-refractivity contribution is 6.45. The van der Waals surface area contributed by atoms with E-state index in [1.165, 1.54) is 6.07 Å². The number of para-hydroxylation sites is 1.